The van der Waals surface area contributed by atoms with Crippen LogP contribution >= 0.6 is 11.8 Å². The number of nitriles is 1. The van der Waals surface area contributed by atoms with E-state index in [0.717, 1.165) is 15.4 Å². The number of methoxy groups -OCH3 is 1. The maximum Gasteiger partial charge on any atom is 0.181 e. The van der Waals surface area contributed by atoms with Gasteiger partial charge in [0, 0.05) is 4.90 Å². The zero-order valence-electron chi connectivity index (χ0n) is 10.5. The standard InChI is InChI=1S/C13H9N5OS/c1-19-9-3-2-8(5-14)10(4-9)20-13-11-12(16-6-15-11)17-7-18-13/h2-4,6-7H,1H3,(H,15,16,17,18). The van der Waals surface area contributed by atoms with Crippen LogP contribution in [0.3, 0.4) is 0 Å². The fourth-order valence-electron chi connectivity index (χ4n) is 1.73. The molecule has 6 nitrogen and oxygen atoms in total. The molecule has 0 aliphatic heterocycles. The molecule has 20 heavy (non-hydrogen) atoms. The minimum absolute atomic E-state index is 0.571. The largest absolute Gasteiger partial charge is 0.497 e. The number of imidazole rings is 1. The first-order chi connectivity index (χ1) is 9.81. The molecule has 0 radical (unpaired) electrons. The van der Waals surface area contributed by atoms with Gasteiger partial charge in [0.25, 0.3) is 0 Å². The lowest BCUT2D eigenvalue weighted by molar-refractivity contribution is 0.413. The van der Waals surface area contributed by atoms with Gasteiger partial charge in [-0.15, -0.1) is 0 Å². The van der Waals surface area contributed by atoms with Crippen LogP contribution in [0.1, 0.15) is 5.56 Å². The van der Waals surface area contributed by atoms with Crippen molar-refractivity contribution in [2.45, 2.75) is 9.92 Å². The molecular weight excluding hydrogens is 274 g/mol. The van der Waals surface area contributed by atoms with Crippen LogP contribution in [0.4, 0.5) is 0 Å². The van der Waals surface area contributed by atoms with Gasteiger partial charge in [-0.25, -0.2) is 15.0 Å². The first kappa shape index (κ1) is 12.4. The van der Waals surface area contributed by atoms with E-state index in [0.29, 0.717) is 17.0 Å². The fraction of sp³-hybridized carbons (Fsp3) is 0.0769. The summed E-state index contributed by atoms with van der Waals surface area (Å²) >= 11 is 1.38. The summed E-state index contributed by atoms with van der Waals surface area (Å²) in [6.45, 7) is 0. The van der Waals surface area contributed by atoms with E-state index >= 15 is 0 Å². The lowest BCUT2D eigenvalue weighted by Gasteiger charge is -2.06. The van der Waals surface area contributed by atoms with Gasteiger partial charge in [-0.05, 0) is 18.2 Å². The third kappa shape index (κ3) is 2.17. The van der Waals surface area contributed by atoms with Crippen LogP contribution in [0.5, 0.6) is 5.75 Å². The molecule has 1 N–H and O–H groups in total. The van der Waals surface area contributed by atoms with Crippen molar-refractivity contribution in [3.63, 3.8) is 0 Å². The summed E-state index contributed by atoms with van der Waals surface area (Å²) < 4.78 is 5.19. The second-order valence-corrected chi connectivity index (χ2v) is 4.89. The Morgan fingerprint density at radius 1 is 1.30 bits per heavy atom. The molecule has 0 atom stereocenters. The Kier molecular flexibility index (Phi) is 3.23. The number of aromatic nitrogens is 4. The third-order valence-electron chi connectivity index (χ3n) is 2.70. The molecule has 3 rings (SSSR count). The number of H-pyrrole nitrogens is 1. The van der Waals surface area contributed by atoms with Crippen molar-refractivity contribution < 1.29 is 4.74 Å². The summed E-state index contributed by atoms with van der Waals surface area (Å²) in [6, 6.07) is 7.46. The molecule has 0 bridgehead atoms. The van der Waals surface area contributed by atoms with Crippen LogP contribution < -0.4 is 4.74 Å². The molecule has 2 heterocycles. The van der Waals surface area contributed by atoms with E-state index in [1.807, 2.05) is 6.07 Å². The molecule has 0 amide bonds. The van der Waals surface area contributed by atoms with Gasteiger partial charge in [0.15, 0.2) is 5.65 Å². The van der Waals surface area contributed by atoms with Crippen LogP contribution in [0, 0.1) is 11.3 Å². The minimum atomic E-state index is 0.571. The Morgan fingerprint density at radius 2 is 2.20 bits per heavy atom. The van der Waals surface area contributed by atoms with Crippen molar-refractivity contribution in [1.82, 2.24) is 19.9 Å². The SMILES string of the molecule is COc1ccc(C#N)c(Sc2ncnc3nc[nH]c23)c1. The predicted octanol–water partition coefficient (Wildman–Crippen LogP) is 2.38. The molecule has 0 fully saturated rings. The van der Waals surface area contributed by atoms with Gasteiger partial charge in [0.05, 0.1) is 19.0 Å². The molecule has 1 aromatic carbocycles. The zero-order valence-corrected chi connectivity index (χ0v) is 11.3. The molecule has 0 unspecified atom stereocenters. The molecule has 7 heteroatoms. The van der Waals surface area contributed by atoms with Gasteiger partial charge in [0.2, 0.25) is 0 Å². The third-order valence-corrected chi connectivity index (χ3v) is 3.76. The van der Waals surface area contributed by atoms with E-state index in [9.17, 15) is 5.26 Å². The summed E-state index contributed by atoms with van der Waals surface area (Å²) in [5.41, 5.74) is 1.93. The molecule has 0 aliphatic rings. The molecule has 0 saturated heterocycles. The zero-order chi connectivity index (χ0) is 13.9. The van der Waals surface area contributed by atoms with Crippen molar-refractivity contribution in [3.8, 4) is 11.8 Å². The van der Waals surface area contributed by atoms with E-state index in [4.69, 9.17) is 4.74 Å². The van der Waals surface area contributed by atoms with Gasteiger partial charge in [-0.3, -0.25) is 0 Å². The highest BCUT2D eigenvalue weighted by Gasteiger charge is 2.11. The molecule has 0 aliphatic carbocycles. The second-order valence-electron chi connectivity index (χ2n) is 3.86. The van der Waals surface area contributed by atoms with E-state index < -0.39 is 0 Å². The van der Waals surface area contributed by atoms with Crippen molar-refractivity contribution in [3.05, 3.63) is 36.4 Å². The Labute approximate surface area is 118 Å². The number of rotatable bonds is 3. The van der Waals surface area contributed by atoms with Crippen LogP contribution in [-0.2, 0) is 0 Å². The smallest absolute Gasteiger partial charge is 0.181 e. The van der Waals surface area contributed by atoms with Crippen molar-refractivity contribution in [2.75, 3.05) is 7.11 Å². The summed E-state index contributed by atoms with van der Waals surface area (Å²) in [5.74, 6) is 0.696. The van der Waals surface area contributed by atoms with E-state index in [1.54, 1.807) is 25.6 Å². The summed E-state index contributed by atoms with van der Waals surface area (Å²) in [6.07, 6.45) is 3.03. The Bertz CT molecular complexity index is 808. The maximum atomic E-state index is 9.18. The van der Waals surface area contributed by atoms with Crippen molar-refractivity contribution >= 4 is 22.9 Å². The lowest BCUT2D eigenvalue weighted by atomic mass is 10.2. The number of ether oxygens (including phenoxy) is 1. The van der Waals surface area contributed by atoms with Gasteiger partial charge in [-0.1, -0.05) is 11.8 Å². The monoisotopic (exact) mass is 283 g/mol. The van der Waals surface area contributed by atoms with E-state index in [1.165, 1.54) is 18.1 Å². The van der Waals surface area contributed by atoms with Crippen LogP contribution in [0.15, 0.2) is 40.8 Å². The Morgan fingerprint density at radius 3 is 3.00 bits per heavy atom. The normalized spacial score (nSPS) is 10.4. The first-order valence-electron chi connectivity index (χ1n) is 5.72. The molecule has 98 valence electrons. The van der Waals surface area contributed by atoms with Gasteiger partial charge in [0.1, 0.15) is 28.7 Å². The van der Waals surface area contributed by atoms with E-state index in [-0.39, 0.29) is 0 Å². The average molecular weight is 283 g/mol. The molecule has 0 spiro atoms. The second kappa shape index (κ2) is 5.19. The van der Waals surface area contributed by atoms with Crippen LogP contribution in [0.2, 0.25) is 0 Å². The molecule has 3 aromatic rings. The molecule has 0 saturated carbocycles. The number of nitrogens with zero attached hydrogens (tertiary/aromatic N) is 4. The number of aromatic amines is 1. The topological polar surface area (TPSA) is 87.5 Å². The fourth-order valence-corrected chi connectivity index (χ4v) is 2.69. The van der Waals surface area contributed by atoms with Gasteiger partial charge < -0.3 is 9.72 Å². The number of hydrogen-bond donors (Lipinski definition) is 1. The Hall–Kier alpha value is -2.59. The predicted molar refractivity (Wildman–Crippen MR) is 73.5 cm³/mol. The molecular formula is C13H9N5OS. The highest BCUT2D eigenvalue weighted by molar-refractivity contribution is 7.99. The highest BCUT2D eigenvalue weighted by atomic mass is 32.2. The minimum Gasteiger partial charge on any atom is -0.497 e. The molecule has 2 aromatic heterocycles. The average Bonchev–Trinajstić information content (AvgIpc) is 2.96. The van der Waals surface area contributed by atoms with Gasteiger partial charge >= 0.3 is 0 Å². The van der Waals surface area contributed by atoms with Gasteiger partial charge in [-0.2, -0.15) is 5.26 Å². The highest BCUT2D eigenvalue weighted by Crippen LogP contribution is 2.34. The maximum absolute atomic E-state index is 9.18. The number of hydrogen-bond acceptors (Lipinski definition) is 6. The number of nitrogens with one attached hydrogen (secondary N) is 1. The number of benzene rings is 1. The quantitative estimate of drug-likeness (QED) is 0.742. The lowest BCUT2D eigenvalue weighted by Crippen LogP contribution is -1.89. The summed E-state index contributed by atoms with van der Waals surface area (Å²) in [5, 5.41) is 9.90. The summed E-state index contributed by atoms with van der Waals surface area (Å²) in [4.78, 5) is 16.2. The first-order valence-corrected chi connectivity index (χ1v) is 6.53. The Balaban J connectivity index is 2.06. The van der Waals surface area contributed by atoms with E-state index in [2.05, 4.69) is 26.0 Å². The van der Waals surface area contributed by atoms with Crippen LogP contribution in [0.25, 0.3) is 11.2 Å². The van der Waals surface area contributed by atoms with Crippen molar-refractivity contribution in [2.24, 2.45) is 0 Å². The summed E-state index contributed by atoms with van der Waals surface area (Å²) in [7, 11) is 1.59. The number of fused-ring (bicyclic) bond motifs is 1. The van der Waals surface area contributed by atoms with Crippen molar-refractivity contribution in [1.29, 1.82) is 5.26 Å². The van der Waals surface area contributed by atoms with Crippen LogP contribution in [-0.4, -0.2) is 27.0 Å².